The molecule has 0 aliphatic heterocycles. The van der Waals surface area contributed by atoms with Crippen molar-refractivity contribution >= 4 is 17.1 Å². The number of nitrogens with zero attached hydrogens (tertiary/aromatic N) is 5. The zero-order valence-electron chi connectivity index (χ0n) is 10.0. The molecule has 0 saturated heterocycles. The zero-order chi connectivity index (χ0) is 13.2. The van der Waals surface area contributed by atoms with Crippen LogP contribution >= 0.6 is 0 Å². The molecule has 1 N–H and O–H groups in total. The van der Waals surface area contributed by atoms with Gasteiger partial charge in [0.05, 0.1) is 6.20 Å². The van der Waals surface area contributed by atoms with E-state index in [1.54, 1.807) is 25.4 Å². The van der Waals surface area contributed by atoms with E-state index >= 15 is 0 Å². The van der Waals surface area contributed by atoms with Crippen molar-refractivity contribution in [3.8, 4) is 11.4 Å². The van der Waals surface area contributed by atoms with E-state index in [1.807, 2.05) is 0 Å². The van der Waals surface area contributed by atoms with Gasteiger partial charge >= 0.3 is 0 Å². The lowest BCUT2D eigenvalue weighted by molar-refractivity contribution is 0.628. The van der Waals surface area contributed by atoms with Gasteiger partial charge in [-0.25, -0.2) is 14.4 Å². The molecule has 0 amide bonds. The molecule has 0 radical (unpaired) electrons. The number of anilines is 1. The molecule has 3 rings (SSSR count). The fraction of sp³-hybridized carbons (Fsp3) is 0.0833. The van der Waals surface area contributed by atoms with Crippen LogP contribution in [0.3, 0.4) is 0 Å². The van der Waals surface area contributed by atoms with Gasteiger partial charge in [0.25, 0.3) is 0 Å². The monoisotopic (exact) mass is 256 g/mol. The largest absolute Gasteiger partial charge is 0.357 e. The maximum Gasteiger partial charge on any atom is 0.224 e. The second kappa shape index (κ2) is 4.52. The second-order valence-electron chi connectivity index (χ2n) is 3.79. The van der Waals surface area contributed by atoms with Crippen molar-refractivity contribution < 1.29 is 4.39 Å². The van der Waals surface area contributed by atoms with Gasteiger partial charge in [0.15, 0.2) is 5.82 Å². The molecule has 0 aliphatic carbocycles. The van der Waals surface area contributed by atoms with E-state index < -0.39 is 0 Å². The molecule has 0 unspecified atom stereocenters. The van der Waals surface area contributed by atoms with E-state index in [2.05, 4.69) is 30.5 Å². The third-order valence-electron chi connectivity index (χ3n) is 2.54. The second-order valence-corrected chi connectivity index (χ2v) is 3.79. The Balaban J connectivity index is 2.08. The Morgan fingerprint density at radius 2 is 1.84 bits per heavy atom. The topological polar surface area (TPSA) is 76.5 Å². The van der Waals surface area contributed by atoms with Gasteiger partial charge in [-0.1, -0.05) is 0 Å². The minimum atomic E-state index is -0.306. The van der Waals surface area contributed by atoms with Crippen molar-refractivity contribution in [3.05, 3.63) is 36.3 Å². The summed E-state index contributed by atoms with van der Waals surface area (Å²) in [6, 6.07) is 5.90. The van der Waals surface area contributed by atoms with Crippen LogP contribution in [0.1, 0.15) is 0 Å². The quantitative estimate of drug-likeness (QED) is 0.751. The predicted molar refractivity (Wildman–Crippen MR) is 67.9 cm³/mol. The molecule has 94 valence electrons. The first kappa shape index (κ1) is 11.4. The lowest BCUT2D eigenvalue weighted by Gasteiger charge is -2.02. The van der Waals surface area contributed by atoms with Crippen LogP contribution in [0.5, 0.6) is 0 Å². The highest BCUT2D eigenvalue weighted by molar-refractivity contribution is 5.71. The van der Waals surface area contributed by atoms with Gasteiger partial charge in [0.2, 0.25) is 11.6 Å². The van der Waals surface area contributed by atoms with Crippen LogP contribution in [-0.2, 0) is 0 Å². The van der Waals surface area contributed by atoms with E-state index in [-0.39, 0.29) is 5.82 Å². The van der Waals surface area contributed by atoms with Crippen molar-refractivity contribution in [1.29, 1.82) is 0 Å². The maximum atomic E-state index is 12.9. The standard InChI is InChI=1S/C12H9FN6/c1-14-12-15-6-9-11(17-12)19-18-10(16-9)7-2-4-8(13)5-3-7/h2-6H,1H3,(H,14,15,17,19). The van der Waals surface area contributed by atoms with Crippen LogP contribution in [0.15, 0.2) is 30.5 Å². The molecule has 0 saturated carbocycles. The summed E-state index contributed by atoms with van der Waals surface area (Å²) in [5, 5.41) is 10.8. The number of benzene rings is 1. The number of halogens is 1. The number of hydrogen-bond acceptors (Lipinski definition) is 6. The first-order chi connectivity index (χ1) is 9.26. The summed E-state index contributed by atoms with van der Waals surface area (Å²) < 4.78 is 12.9. The highest BCUT2D eigenvalue weighted by Crippen LogP contribution is 2.16. The Morgan fingerprint density at radius 3 is 2.58 bits per heavy atom. The molecular formula is C12H9FN6. The molecule has 2 aromatic heterocycles. The summed E-state index contributed by atoms with van der Waals surface area (Å²) in [7, 11) is 1.72. The highest BCUT2D eigenvalue weighted by atomic mass is 19.1. The van der Waals surface area contributed by atoms with Gasteiger partial charge in [0, 0.05) is 12.6 Å². The van der Waals surface area contributed by atoms with Crippen molar-refractivity contribution in [2.24, 2.45) is 0 Å². The van der Waals surface area contributed by atoms with Crippen molar-refractivity contribution in [2.75, 3.05) is 12.4 Å². The van der Waals surface area contributed by atoms with Crippen LogP contribution in [0, 0.1) is 5.82 Å². The minimum Gasteiger partial charge on any atom is -0.357 e. The summed E-state index contributed by atoms with van der Waals surface area (Å²) in [4.78, 5) is 12.5. The Morgan fingerprint density at radius 1 is 1.05 bits per heavy atom. The van der Waals surface area contributed by atoms with E-state index in [0.717, 1.165) is 0 Å². The minimum absolute atomic E-state index is 0.306. The smallest absolute Gasteiger partial charge is 0.224 e. The maximum absolute atomic E-state index is 12.9. The average Bonchev–Trinajstić information content (AvgIpc) is 2.47. The molecule has 2 heterocycles. The molecule has 0 spiro atoms. The van der Waals surface area contributed by atoms with Gasteiger partial charge in [0.1, 0.15) is 11.3 Å². The van der Waals surface area contributed by atoms with E-state index in [4.69, 9.17) is 0 Å². The number of fused-ring (bicyclic) bond motifs is 1. The molecule has 0 aliphatic rings. The summed E-state index contributed by atoms with van der Waals surface area (Å²) >= 11 is 0. The SMILES string of the molecule is CNc1ncc2nc(-c3ccc(F)cc3)nnc2n1. The molecule has 7 heteroatoms. The molecule has 6 nitrogen and oxygen atoms in total. The van der Waals surface area contributed by atoms with Crippen molar-refractivity contribution in [3.63, 3.8) is 0 Å². The van der Waals surface area contributed by atoms with Gasteiger partial charge in [-0.2, -0.15) is 4.98 Å². The molecule has 0 atom stereocenters. The molecule has 19 heavy (non-hydrogen) atoms. The number of hydrogen-bond donors (Lipinski definition) is 1. The van der Waals surface area contributed by atoms with Gasteiger partial charge < -0.3 is 5.32 Å². The fourth-order valence-corrected chi connectivity index (χ4v) is 1.59. The van der Waals surface area contributed by atoms with Gasteiger partial charge in [-0.05, 0) is 24.3 Å². The van der Waals surface area contributed by atoms with Gasteiger partial charge in [-0.3, -0.25) is 0 Å². The number of aromatic nitrogens is 5. The van der Waals surface area contributed by atoms with Crippen molar-refractivity contribution in [1.82, 2.24) is 25.1 Å². The Labute approximate surface area is 107 Å². The summed E-state index contributed by atoms with van der Waals surface area (Å²) in [6.07, 6.45) is 1.57. The Bertz CT molecular complexity index is 728. The highest BCUT2D eigenvalue weighted by Gasteiger charge is 2.06. The molecular weight excluding hydrogens is 247 g/mol. The Hall–Kier alpha value is -2.70. The summed E-state index contributed by atoms with van der Waals surface area (Å²) in [5.74, 6) is 0.561. The first-order valence-electron chi connectivity index (χ1n) is 5.57. The van der Waals surface area contributed by atoms with E-state index in [9.17, 15) is 4.39 Å². The normalized spacial score (nSPS) is 10.6. The lowest BCUT2D eigenvalue weighted by atomic mass is 10.2. The fourth-order valence-electron chi connectivity index (χ4n) is 1.59. The van der Waals surface area contributed by atoms with Crippen LogP contribution in [0.4, 0.5) is 10.3 Å². The zero-order valence-corrected chi connectivity index (χ0v) is 10.0. The average molecular weight is 256 g/mol. The lowest BCUT2D eigenvalue weighted by Crippen LogP contribution is -2.00. The molecule has 1 aromatic carbocycles. The van der Waals surface area contributed by atoms with Crippen molar-refractivity contribution in [2.45, 2.75) is 0 Å². The van der Waals surface area contributed by atoms with Crippen LogP contribution in [0.25, 0.3) is 22.6 Å². The van der Waals surface area contributed by atoms with Crippen LogP contribution < -0.4 is 5.32 Å². The summed E-state index contributed by atoms with van der Waals surface area (Å²) in [6.45, 7) is 0. The number of rotatable bonds is 2. The third-order valence-corrected chi connectivity index (χ3v) is 2.54. The molecule has 0 fully saturated rings. The van der Waals surface area contributed by atoms with E-state index in [0.29, 0.717) is 28.5 Å². The third kappa shape index (κ3) is 2.17. The number of nitrogens with one attached hydrogen (secondary N) is 1. The van der Waals surface area contributed by atoms with Crippen LogP contribution in [0.2, 0.25) is 0 Å². The van der Waals surface area contributed by atoms with Gasteiger partial charge in [-0.15, -0.1) is 10.2 Å². The van der Waals surface area contributed by atoms with E-state index in [1.165, 1.54) is 12.1 Å². The molecule has 0 bridgehead atoms. The summed E-state index contributed by atoms with van der Waals surface area (Å²) in [5.41, 5.74) is 1.63. The molecule has 3 aromatic rings. The Kier molecular flexibility index (Phi) is 2.71. The van der Waals surface area contributed by atoms with Crippen LogP contribution in [-0.4, -0.2) is 32.2 Å². The first-order valence-corrected chi connectivity index (χ1v) is 5.57. The predicted octanol–water partition coefficient (Wildman–Crippen LogP) is 1.66.